The largest absolute Gasteiger partial charge is 0.495 e. The minimum absolute atomic E-state index is 0.0400. The number of nitrogens with zero attached hydrogens (tertiary/aromatic N) is 1. The van der Waals surface area contributed by atoms with Gasteiger partial charge in [-0.15, -0.1) is 0 Å². The second-order valence-corrected chi connectivity index (χ2v) is 6.42. The average Bonchev–Trinajstić information content (AvgIpc) is 2.91. The lowest BCUT2D eigenvalue weighted by Gasteiger charge is -2.25. The molecule has 5 nitrogen and oxygen atoms in total. The molecule has 1 heterocycles. The van der Waals surface area contributed by atoms with E-state index in [1.165, 1.54) is 7.11 Å². The van der Waals surface area contributed by atoms with Gasteiger partial charge < -0.3 is 15.0 Å². The molecule has 3 rings (SSSR count). The first-order chi connectivity index (χ1) is 12.0. The molecule has 2 unspecified atom stereocenters. The standard InChI is InChI=1S/C19H19ClN2O3/c1-22-17(23)11-14(18(22)12-6-4-3-5-7-12)19(24)21-13-8-9-16(25-2)15(20)10-13/h3-10,14,18H,11H2,1-2H3,(H,21,24). The summed E-state index contributed by atoms with van der Waals surface area (Å²) < 4.78 is 5.11. The molecule has 25 heavy (non-hydrogen) atoms. The normalized spacial score (nSPS) is 19.8. The first-order valence-electron chi connectivity index (χ1n) is 7.96. The fraction of sp³-hybridized carbons (Fsp3) is 0.263. The Bertz CT molecular complexity index is 795. The first kappa shape index (κ1) is 17.3. The number of nitrogens with one attached hydrogen (secondary N) is 1. The fourth-order valence-electron chi connectivity index (χ4n) is 3.19. The van der Waals surface area contributed by atoms with E-state index in [4.69, 9.17) is 16.3 Å². The van der Waals surface area contributed by atoms with Gasteiger partial charge in [-0.05, 0) is 23.8 Å². The van der Waals surface area contributed by atoms with Crippen LogP contribution in [-0.4, -0.2) is 30.9 Å². The van der Waals surface area contributed by atoms with Gasteiger partial charge >= 0.3 is 0 Å². The van der Waals surface area contributed by atoms with Crippen LogP contribution in [0.5, 0.6) is 5.75 Å². The Kier molecular flexibility index (Phi) is 4.95. The van der Waals surface area contributed by atoms with Crippen LogP contribution < -0.4 is 10.1 Å². The molecule has 0 aliphatic carbocycles. The average molecular weight is 359 g/mol. The number of methoxy groups -OCH3 is 1. The van der Waals surface area contributed by atoms with Gasteiger partial charge in [0, 0.05) is 19.2 Å². The molecule has 1 saturated heterocycles. The van der Waals surface area contributed by atoms with Gasteiger partial charge in [-0.2, -0.15) is 0 Å². The molecular weight excluding hydrogens is 340 g/mol. The molecule has 0 aromatic heterocycles. The molecule has 1 aliphatic heterocycles. The third-order valence-electron chi connectivity index (χ3n) is 4.48. The van der Waals surface area contributed by atoms with E-state index in [0.717, 1.165) is 5.56 Å². The molecule has 2 atom stereocenters. The summed E-state index contributed by atoms with van der Waals surface area (Å²) in [7, 11) is 3.27. The molecule has 0 radical (unpaired) electrons. The van der Waals surface area contributed by atoms with Gasteiger partial charge in [-0.1, -0.05) is 41.9 Å². The summed E-state index contributed by atoms with van der Waals surface area (Å²) in [5.41, 5.74) is 1.52. The van der Waals surface area contributed by atoms with E-state index in [2.05, 4.69) is 5.32 Å². The smallest absolute Gasteiger partial charge is 0.230 e. The lowest BCUT2D eigenvalue weighted by atomic mass is 9.93. The van der Waals surface area contributed by atoms with E-state index in [0.29, 0.717) is 16.5 Å². The van der Waals surface area contributed by atoms with Crippen molar-refractivity contribution in [3.05, 3.63) is 59.1 Å². The number of likely N-dealkylation sites (tertiary alicyclic amines) is 1. The molecule has 0 bridgehead atoms. The van der Waals surface area contributed by atoms with Crippen molar-refractivity contribution in [1.29, 1.82) is 0 Å². The summed E-state index contributed by atoms with van der Waals surface area (Å²) in [6, 6.07) is 14.4. The Morgan fingerprint density at radius 3 is 2.60 bits per heavy atom. The number of anilines is 1. The summed E-state index contributed by atoms with van der Waals surface area (Å²) in [6.45, 7) is 0. The van der Waals surface area contributed by atoms with Crippen molar-refractivity contribution in [2.24, 2.45) is 5.92 Å². The van der Waals surface area contributed by atoms with Gasteiger partial charge in [0.05, 0.1) is 24.1 Å². The van der Waals surface area contributed by atoms with E-state index in [-0.39, 0.29) is 24.3 Å². The van der Waals surface area contributed by atoms with Crippen LogP contribution in [0.4, 0.5) is 5.69 Å². The number of ether oxygens (including phenoxy) is 1. The zero-order valence-corrected chi connectivity index (χ0v) is 14.8. The van der Waals surface area contributed by atoms with E-state index in [1.54, 1.807) is 30.1 Å². The molecule has 130 valence electrons. The Labute approximate surface area is 151 Å². The van der Waals surface area contributed by atoms with Crippen LogP contribution in [0.3, 0.4) is 0 Å². The van der Waals surface area contributed by atoms with Crippen LogP contribution in [-0.2, 0) is 9.59 Å². The predicted molar refractivity (Wildman–Crippen MR) is 96.7 cm³/mol. The maximum absolute atomic E-state index is 12.8. The Morgan fingerprint density at radius 2 is 1.96 bits per heavy atom. The summed E-state index contributed by atoms with van der Waals surface area (Å²) >= 11 is 6.10. The van der Waals surface area contributed by atoms with Crippen LogP contribution >= 0.6 is 11.6 Å². The Hall–Kier alpha value is -2.53. The second kappa shape index (κ2) is 7.15. The topological polar surface area (TPSA) is 58.6 Å². The van der Waals surface area contributed by atoms with Gasteiger partial charge in [0.1, 0.15) is 5.75 Å². The third-order valence-corrected chi connectivity index (χ3v) is 4.78. The number of hydrogen-bond donors (Lipinski definition) is 1. The van der Waals surface area contributed by atoms with Crippen molar-refractivity contribution in [3.8, 4) is 5.75 Å². The first-order valence-corrected chi connectivity index (χ1v) is 8.34. The van der Waals surface area contributed by atoms with Crippen molar-refractivity contribution in [2.75, 3.05) is 19.5 Å². The number of halogens is 1. The van der Waals surface area contributed by atoms with Gasteiger partial charge in [-0.3, -0.25) is 9.59 Å². The highest BCUT2D eigenvalue weighted by Gasteiger charge is 2.42. The molecule has 0 spiro atoms. The maximum atomic E-state index is 12.8. The number of carbonyl (C=O) groups is 2. The van der Waals surface area contributed by atoms with Gasteiger partial charge in [-0.25, -0.2) is 0 Å². The lowest BCUT2D eigenvalue weighted by molar-refractivity contribution is -0.127. The molecular formula is C19H19ClN2O3. The third kappa shape index (κ3) is 3.46. The van der Waals surface area contributed by atoms with Crippen molar-refractivity contribution in [3.63, 3.8) is 0 Å². The highest BCUT2D eigenvalue weighted by molar-refractivity contribution is 6.32. The zero-order valence-electron chi connectivity index (χ0n) is 14.0. The molecule has 1 aliphatic rings. The summed E-state index contributed by atoms with van der Waals surface area (Å²) in [6.07, 6.45) is 0.186. The van der Waals surface area contributed by atoms with E-state index in [9.17, 15) is 9.59 Å². The SMILES string of the molecule is COc1ccc(NC(=O)C2CC(=O)N(C)C2c2ccccc2)cc1Cl. The predicted octanol–water partition coefficient (Wildman–Crippen LogP) is 3.51. The van der Waals surface area contributed by atoms with Crippen LogP contribution in [0.2, 0.25) is 5.02 Å². The van der Waals surface area contributed by atoms with Gasteiger partial charge in [0.25, 0.3) is 0 Å². The number of benzene rings is 2. The summed E-state index contributed by atoms with van der Waals surface area (Å²) in [4.78, 5) is 26.6. The van der Waals surface area contributed by atoms with E-state index < -0.39 is 5.92 Å². The van der Waals surface area contributed by atoms with Crippen LogP contribution in [0.25, 0.3) is 0 Å². The van der Waals surface area contributed by atoms with Crippen molar-refractivity contribution in [1.82, 2.24) is 4.90 Å². The van der Waals surface area contributed by atoms with E-state index in [1.807, 2.05) is 30.3 Å². The number of rotatable bonds is 4. The highest BCUT2D eigenvalue weighted by Crippen LogP contribution is 2.38. The molecule has 6 heteroatoms. The quantitative estimate of drug-likeness (QED) is 0.909. The second-order valence-electron chi connectivity index (χ2n) is 6.01. The highest BCUT2D eigenvalue weighted by atomic mass is 35.5. The molecule has 2 amide bonds. The fourth-order valence-corrected chi connectivity index (χ4v) is 3.45. The number of amides is 2. The summed E-state index contributed by atoms with van der Waals surface area (Å²) in [5.74, 6) is -0.159. The molecule has 2 aromatic rings. The number of hydrogen-bond acceptors (Lipinski definition) is 3. The molecule has 0 saturated carbocycles. The molecule has 2 aromatic carbocycles. The van der Waals surface area contributed by atoms with Gasteiger partial charge in [0.2, 0.25) is 11.8 Å². The molecule has 1 fully saturated rings. The summed E-state index contributed by atoms with van der Waals surface area (Å²) in [5, 5.41) is 3.28. The van der Waals surface area contributed by atoms with Crippen molar-refractivity contribution >= 4 is 29.1 Å². The van der Waals surface area contributed by atoms with Crippen LogP contribution in [0.1, 0.15) is 18.0 Å². The van der Waals surface area contributed by atoms with Gasteiger partial charge in [0.15, 0.2) is 0 Å². The molecule has 1 N–H and O–H groups in total. The van der Waals surface area contributed by atoms with Crippen molar-refractivity contribution in [2.45, 2.75) is 12.5 Å². The maximum Gasteiger partial charge on any atom is 0.230 e. The minimum Gasteiger partial charge on any atom is -0.495 e. The Balaban J connectivity index is 1.82. The minimum atomic E-state index is -0.458. The van der Waals surface area contributed by atoms with Crippen LogP contribution in [0, 0.1) is 5.92 Å². The monoisotopic (exact) mass is 358 g/mol. The van der Waals surface area contributed by atoms with E-state index >= 15 is 0 Å². The number of carbonyl (C=O) groups excluding carboxylic acids is 2. The van der Waals surface area contributed by atoms with Crippen molar-refractivity contribution < 1.29 is 14.3 Å². The van der Waals surface area contributed by atoms with Crippen LogP contribution in [0.15, 0.2) is 48.5 Å². The zero-order chi connectivity index (χ0) is 18.0. The Morgan fingerprint density at radius 1 is 1.24 bits per heavy atom. The lowest BCUT2D eigenvalue weighted by Crippen LogP contribution is -2.30.